The van der Waals surface area contributed by atoms with Crippen molar-refractivity contribution < 1.29 is 9.53 Å². The molecular formula is C13H16N4O2. The molecule has 0 saturated heterocycles. The van der Waals surface area contributed by atoms with Gasteiger partial charge in [-0.2, -0.15) is 0 Å². The first-order valence-electron chi connectivity index (χ1n) is 5.94. The Morgan fingerprint density at radius 2 is 2.37 bits per heavy atom. The van der Waals surface area contributed by atoms with Gasteiger partial charge in [-0.3, -0.25) is 0 Å². The number of hydrogen-bond donors (Lipinski definition) is 3. The molecule has 0 bridgehead atoms. The maximum absolute atomic E-state index is 11.7. The number of ether oxygens (including phenoxy) is 1. The van der Waals surface area contributed by atoms with Gasteiger partial charge in [-0.1, -0.05) is 6.07 Å². The standard InChI is InChI=1S/C13H16N4O2/c1-19-12-4-2-3-10(7-12)17-13(18)15-6-5-11-8-14-9-16-11/h2-4,7-9H,5-6H2,1H3,(H,14,16)(H2,15,17,18). The number of aromatic amines is 1. The lowest BCUT2D eigenvalue weighted by atomic mass is 10.3. The number of hydrogen-bond acceptors (Lipinski definition) is 3. The molecule has 3 N–H and O–H groups in total. The van der Waals surface area contributed by atoms with Crippen LogP contribution in [-0.4, -0.2) is 29.7 Å². The normalized spacial score (nSPS) is 9.95. The molecule has 1 heterocycles. The topological polar surface area (TPSA) is 79.0 Å². The number of anilines is 1. The molecule has 0 spiro atoms. The average molecular weight is 260 g/mol. The van der Waals surface area contributed by atoms with Crippen LogP contribution in [0, 0.1) is 0 Å². The molecule has 1 aromatic heterocycles. The van der Waals surface area contributed by atoms with E-state index in [1.165, 1.54) is 0 Å². The number of nitrogens with zero attached hydrogens (tertiary/aromatic N) is 1. The third-order valence-electron chi connectivity index (χ3n) is 2.56. The zero-order valence-electron chi connectivity index (χ0n) is 10.6. The molecule has 0 radical (unpaired) electrons. The Hall–Kier alpha value is -2.50. The monoisotopic (exact) mass is 260 g/mol. The fraction of sp³-hybridized carbons (Fsp3) is 0.231. The second-order valence-electron chi connectivity index (χ2n) is 3.94. The number of benzene rings is 1. The Morgan fingerprint density at radius 1 is 1.47 bits per heavy atom. The quantitative estimate of drug-likeness (QED) is 0.766. The minimum Gasteiger partial charge on any atom is -0.497 e. The van der Waals surface area contributed by atoms with E-state index in [4.69, 9.17) is 4.74 Å². The highest BCUT2D eigenvalue weighted by Gasteiger charge is 2.02. The van der Waals surface area contributed by atoms with E-state index in [9.17, 15) is 4.79 Å². The largest absolute Gasteiger partial charge is 0.497 e. The van der Waals surface area contributed by atoms with Crippen molar-refractivity contribution in [3.8, 4) is 5.75 Å². The highest BCUT2D eigenvalue weighted by atomic mass is 16.5. The number of methoxy groups -OCH3 is 1. The van der Waals surface area contributed by atoms with E-state index in [0.29, 0.717) is 24.4 Å². The summed E-state index contributed by atoms with van der Waals surface area (Å²) in [5.41, 5.74) is 1.68. The van der Waals surface area contributed by atoms with Gasteiger partial charge in [0.2, 0.25) is 0 Å². The summed E-state index contributed by atoms with van der Waals surface area (Å²) in [4.78, 5) is 18.5. The van der Waals surface area contributed by atoms with Crippen molar-refractivity contribution in [2.24, 2.45) is 0 Å². The smallest absolute Gasteiger partial charge is 0.319 e. The molecule has 0 fully saturated rings. The van der Waals surface area contributed by atoms with E-state index in [-0.39, 0.29) is 6.03 Å². The Bertz CT molecular complexity index is 525. The van der Waals surface area contributed by atoms with Gasteiger partial charge in [-0.15, -0.1) is 0 Å². The van der Waals surface area contributed by atoms with Gasteiger partial charge in [0.1, 0.15) is 5.75 Å². The molecule has 19 heavy (non-hydrogen) atoms. The lowest BCUT2D eigenvalue weighted by molar-refractivity contribution is 0.252. The average Bonchev–Trinajstić information content (AvgIpc) is 2.92. The van der Waals surface area contributed by atoms with E-state index < -0.39 is 0 Å². The summed E-state index contributed by atoms with van der Waals surface area (Å²) in [6.07, 6.45) is 4.07. The lowest BCUT2D eigenvalue weighted by Gasteiger charge is -2.08. The van der Waals surface area contributed by atoms with Crippen LogP contribution < -0.4 is 15.4 Å². The number of imidazole rings is 1. The van der Waals surface area contributed by atoms with Gasteiger partial charge < -0.3 is 20.4 Å². The Balaban J connectivity index is 1.77. The van der Waals surface area contributed by atoms with Gasteiger partial charge >= 0.3 is 6.03 Å². The van der Waals surface area contributed by atoms with E-state index in [1.807, 2.05) is 12.1 Å². The molecule has 100 valence electrons. The van der Waals surface area contributed by atoms with Crippen LogP contribution in [0.4, 0.5) is 10.5 Å². The van der Waals surface area contributed by atoms with E-state index in [2.05, 4.69) is 20.6 Å². The van der Waals surface area contributed by atoms with Crippen molar-refractivity contribution in [3.63, 3.8) is 0 Å². The molecule has 2 amide bonds. The second-order valence-corrected chi connectivity index (χ2v) is 3.94. The Morgan fingerprint density at radius 3 is 3.11 bits per heavy atom. The maximum Gasteiger partial charge on any atom is 0.319 e. The van der Waals surface area contributed by atoms with Crippen LogP contribution in [0.2, 0.25) is 0 Å². The van der Waals surface area contributed by atoms with E-state index in [1.54, 1.807) is 31.8 Å². The number of urea groups is 1. The van der Waals surface area contributed by atoms with Crippen molar-refractivity contribution >= 4 is 11.7 Å². The Kier molecular flexibility index (Phi) is 4.39. The summed E-state index contributed by atoms with van der Waals surface area (Å²) < 4.78 is 5.08. The van der Waals surface area contributed by atoms with Crippen molar-refractivity contribution in [2.45, 2.75) is 6.42 Å². The molecule has 0 aliphatic heterocycles. The highest BCUT2D eigenvalue weighted by Crippen LogP contribution is 2.16. The molecule has 0 atom stereocenters. The summed E-state index contributed by atoms with van der Waals surface area (Å²) in [7, 11) is 1.59. The number of rotatable bonds is 5. The van der Waals surface area contributed by atoms with Crippen molar-refractivity contribution in [3.05, 3.63) is 42.5 Å². The summed E-state index contributed by atoms with van der Waals surface area (Å²) in [6, 6.07) is 6.96. The van der Waals surface area contributed by atoms with Gasteiger partial charge in [-0.25, -0.2) is 9.78 Å². The van der Waals surface area contributed by atoms with Gasteiger partial charge in [0.25, 0.3) is 0 Å². The van der Waals surface area contributed by atoms with Crippen LogP contribution in [0.25, 0.3) is 0 Å². The fourth-order valence-electron chi connectivity index (χ4n) is 1.61. The zero-order chi connectivity index (χ0) is 13.5. The fourth-order valence-corrected chi connectivity index (χ4v) is 1.61. The molecule has 6 heteroatoms. The predicted molar refractivity (Wildman–Crippen MR) is 72.3 cm³/mol. The first-order chi connectivity index (χ1) is 9.28. The van der Waals surface area contributed by atoms with E-state index in [0.717, 1.165) is 5.69 Å². The van der Waals surface area contributed by atoms with Gasteiger partial charge in [0.05, 0.1) is 13.4 Å². The highest BCUT2D eigenvalue weighted by molar-refractivity contribution is 5.89. The van der Waals surface area contributed by atoms with Crippen LogP contribution in [0.1, 0.15) is 5.69 Å². The van der Waals surface area contributed by atoms with Crippen LogP contribution in [0.5, 0.6) is 5.75 Å². The third kappa shape index (κ3) is 4.02. The van der Waals surface area contributed by atoms with Gasteiger partial charge in [0.15, 0.2) is 0 Å². The molecule has 6 nitrogen and oxygen atoms in total. The third-order valence-corrected chi connectivity index (χ3v) is 2.56. The molecule has 2 aromatic rings. The van der Waals surface area contributed by atoms with Crippen molar-refractivity contribution in [1.29, 1.82) is 0 Å². The summed E-state index contributed by atoms with van der Waals surface area (Å²) in [5, 5.41) is 5.51. The molecular weight excluding hydrogens is 244 g/mol. The number of H-pyrrole nitrogens is 1. The Labute approximate surface area is 111 Å². The molecule has 2 rings (SSSR count). The number of aromatic nitrogens is 2. The number of carbonyl (C=O) groups is 1. The zero-order valence-corrected chi connectivity index (χ0v) is 10.6. The minimum atomic E-state index is -0.243. The molecule has 0 aliphatic carbocycles. The molecule has 0 saturated carbocycles. The van der Waals surface area contributed by atoms with Crippen LogP contribution in [-0.2, 0) is 6.42 Å². The number of carbonyl (C=O) groups excluding carboxylic acids is 1. The SMILES string of the molecule is COc1cccc(NC(=O)NCCc2cnc[nH]2)c1. The first kappa shape index (κ1) is 12.9. The molecule has 1 aromatic carbocycles. The summed E-state index contributed by atoms with van der Waals surface area (Å²) in [5.74, 6) is 0.704. The van der Waals surface area contributed by atoms with Crippen molar-refractivity contribution in [2.75, 3.05) is 19.0 Å². The van der Waals surface area contributed by atoms with Crippen molar-refractivity contribution in [1.82, 2.24) is 15.3 Å². The number of nitrogens with one attached hydrogen (secondary N) is 3. The molecule has 0 unspecified atom stereocenters. The van der Waals surface area contributed by atoms with Gasteiger partial charge in [-0.05, 0) is 12.1 Å². The predicted octanol–water partition coefficient (Wildman–Crippen LogP) is 1.78. The minimum absolute atomic E-state index is 0.243. The van der Waals surface area contributed by atoms with Crippen LogP contribution >= 0.6 is 0 Å². The maximum atomic E-state index is 11.7. The van der Waals surface area contributed by atoms with Gasteiger partial charge in [0, 0.05) is 36.6 Å². The second kappa shape index (κ2) is 6.44. The first-order valence-corrected chi connectivity index (χ1v) is 5.94. The summed E-state index contributed by atoms with van der Waals surface area (Å²) in [6.45, 7) is 0.540. The summed E-state index contributed by atoms with van der Waals surface area (Å²) >= 11 is 0. The number of amides is 2. The van der Waals surface area contributed by atoms with Crippen LogP contribution in [0.3, 0.4) is 0 Å². The van der Waals surface area contributed by atoms with Crippen LogP contribution in [0.15, 0.2) is 36.8 Å². The molecule has 0 aliphatic rings. The van der Waals surface area contributed by atoms with E-state index >= 15 is 0 Å². The lowest BCUT2D eigenvalue weighted by Crippen LogP contribution is -2.30.